The van der Waals surface area contributed by atoms with Crippen molar-refractivity contribution in [1.82, 2.24) is 85.9 Å². The predicted octanol–water partition coefficient (Wildman–Crippen LogP) is 10.1. The summed E-state index contributed by atoms with van der Waals surface area (Å²) >= 11 is 1.73. The second-order valence-corrected chi connectivity index (χ2v) is 26.8. The van der Waals surface area contributed by atoms with E-state index in [2.05, 4.69) is 187 Å². The quantitative estimate of drug-likeness (QED) is 0.142. The SMILES string of the molecule is Cn1c2cccnc2[n+]2cn3c(c12)-c1cccnc1C3.[2H]C([2H])([2H])n1c2cccnc2[n+]2cn3c(c12)-c1cccnc1C3.c1ccc(-n2c3ncccc3n3c4[n+](cc23)Cc2ncccc2-4)cc1.c1cnc2c(c1)-c1n3c(c[n+]1C2)oc1ncccc13.c1cnc2c(c1)-c1n3c(c[n+]1C2)sc1ncccc13. The summed E-state index contributed by atoms with van der Waals surface area (Å²) in [6, 6.07) is 50.6. The number of para-hydroxylation sites is 1. The van der Waals surface area contributed by atoms with Crippen molar-refractivity contribution in [3.8, 4) is 62.4 Å². The highest BCUT2D eigenvalue weighted by Crippen LogP contribution is 2.39. The number of hydrogen-bond donors (Lipinski definition) is 0. The number of benzene rings is 1. The average Bonchev–Trinajstić information content (AvgIpc) is 1.55. The van der Waals surface area contributed by atoms with Gasteiger partial charge in [-0.2, -0.15) is 22.0 Å². The van der Waals surface area contributed by atoms with Crippen LogP contribution in [0.3, 0.4) is 0 Å². The van der Waals surface area contributed by atoms with Crippen LogP contribution in [0.4, 0.5) is 0 Å². The molecule has 1 aromatic carbocycles. The Kier molecular flexibility index (Phi) is 11.5. The van der Waals surface area contributed by atoms with Crippen LogP contribution < -0.4 is 22.5 Å². The number of aromatic nitrogens is 23. The first-order valence-corrected chi connectivity index (χ1v) is 34.4. The standard InChI is InChI=1S/C20H14N5.2C15H12N5.C14H9N4O.C14H9N4S/c1-2-6-14(7-3-1)24-18-13-23-12-16-15(8-4-10-21-16)20(23)25(18)17-9-5-11-22-19(17)24;2*1-18-12-5-3-7-17-14(12)20-9-19-8-11-10(4-2-6-16-11)13(19)15(18)20;2*1-3-9-10(15-5-1)7-17-8-12-18(14(9)17)11-4-2-6-16-13(11)19-12/h1-11,13H,12H2;2*2-7,9H,8H2,1H3;2*1-6,8H,7H2/q5*+1/i;1D3;;;. The largest absolute Gasteiger partial charge is 0.396 e. The van der Waals surface area contributed by atoms with Gasteiger partial charge in [0.2, 0.25) is 16.1 Å². The van der Waals surface area contributed by atoms with Gasteiger partial charge in [0.25, 0.3) is 40.1 Å². The van der Waals surface area contributed by atoms with Gasteiger partial charge in [0.1, 0.15) is 38.9 Å². The van der Waals surface area contributed by atoms with Crippen molar-refractivity contribution < 1.29 is 31.0 Å². The van der Waals surface area contributed by atoms with Crippen molar-refractivity contribution in [3.05, 3.63) is 273 Å². The van der Waals surface area contributed by atoms with Gasteiger partial charge < -0.3 is 4.42 Å². The Morgan fingerprint density at radius 2 is 0.893 bits per heavy atom. The fourth-order valence-electron chi connectivity index (χ4n) is 15.9. The minimum Gasteiger partial charge on any atom is -0.396 e. The molecule has 0 aliphatic carbocycles. The molecule has 490 valence electrons. The maximum Gasteiger partial charge on any atom is 0.337 e. The molecule has 0 saturated carbocycles. The van der Waals surface area contributed by atoms with Gasteiger partial charge in [0, 0.05) is 74.7 Å². The monoisotopic (exact) mass is 1370 g/mol. The number of aryl methyl sites for hydroxylation is 2. The lowest BCUT2D eigenvalue weighted by atomic mass is 10.2. The Morgan fingerprint density at radius 1 is 0.417 bits per heavy atom. The molecular formula is C78H56N23OS+5. The Hall–Kier alpha value is -13.8. The van der Waals surface area contributed by atoms with Gasteiger partial charge in [-0.25, -0.2) is 28.7 Å². The van der Waals surface area contributed by atoms with Crippen LogP contribution in [0.25, 0.3) is 145 Å². The lowest BCUT2D eigenvalue weighted by molar-refractivity contribution is -0.670. The van der Waals surface area contributed by atoms with Crippen molar-refractivity contribution in [2.24, 2.45) is 14.0 Å². The summed E-state index contributed by atoms with van der Waals surface area (Å²) in [5.74, 6) is 3.51. The zero-order chi connectivity index (χ0) is 70.2. The van der Waals surface area contributed by atoms with Crippen LogP contribution in [-0.4, -0.2) is 85.9 Å². The highest BCUT2D eigenvalue weighted by molar-refractivity contribution is 7.23. The Bertz CT molecular complexity index is 7090. The zero-order valence-corrected chi connectivity index (χ0v) is 55.5. The van der Waals surface area contributed by atoms with Crippen LogP contribution in [0, 0.1) is 0 Å². The van der Waals surface area contributed by atoms with Crippen LogP contribution in [0.1, 0.15) is 32.6 Å². The molecule has 24 nitrogen and oxygen atoms in total. The number of imidazole rings is 8. The van der Waals surface area contributed by atoms with Crippen LogP contribution in [0.2, 0.25) is 0 Å². The molecule has 103 heavy (non-hydrogen) atoms. The average molecular weight is 1370 g/mol. The Morgan fingerprint density at radius 3 is 1.51 bits per heavy atom. The molecule has 26 rings (SSSR count). The first-order chi connectivity index (χ1) is 52.1. The molecule has 0 unspecified atom stereocenters. The van der Waals surface area contributed by atoms with E-state index in [4.69, 9.17) is 8.53 Å². The van der Waals surface area contributed by atoms with Crippen LogP contribution in [-0.2, 0) is 46.7 Å². The third kappa shape index (κ3) is 8.35. The smallest absolute Gasteiger partial charge is 0.337 e. The zero-order valence-electron chi connectivity index (χ0n) is 57.7. The highest BCUT2D eigenvalue weighted by Gasteiger charge is 2.39. The number of pyridine rings is 10. The molecule has 0 radical (unpaired) electrons. The van der Waals surface area contributed by atoms with E-state index < -0.39 is 6.98 Å². The summed E-state index contributed by atoms with van der Waals surface area (Å²) in [5.41, 5.74) is 26.5. The molecule has 0 spiro atoms. The van der Waals surface area contributed by atoms with Crippen LogP contribution >= 0.6 is 11.3 Å². The van der Waals surface area contributed by atoms with E-state index in [0.717, 1.165) is 127 Å². The fourth-order valence-corrected chi connectivity index (χ4v) is 16.9. The van der Waals surface area contributed by atoms with Crippen molar-refractivity contribution >= 4 is 93.9 Å². The van der Waals surface area contributed by atoms with E-state index in [1.165, 1.54) is 54.6 Å². The Labute approximate surface area is 590 Å². The van der Waals surface area contributed by atoms with E-state index >= 15 is 0 Å². The second kappa shape index (κ2) is 21.8. The van der Waals surface area contributed by atoms with Crippen LogP contribution in [0.15, 0.2) is 249 Å². The number of oxazole rings is 1. The van der Waals surface area contributed by atoms with Gasteiger partial charge in [0.15, 0.2) is 74.5 Å². The van der Waals surface area contributed by atoms with E-state index in [9.17, 15) is 0 Å². The topological polar surface area (TPSA) is 200 Å². The van der Waals surface area contributed by atoms with Crippen molar-refractivity contribution in [1.29, 1.82) is 0 Å². The van der Waals surface area contributed by atoms with Gasteiger partial charge in [-0.15, -0.1) is 9.97 Å². The van der Waals surface area contributed by atoms with Gasteiger partial charge in [-0.1, -0.05) is 29.5 Å². The fraction of sp³-hybridized carbons (Fsp3) is 0.0897. The number of fused-ring (bicyclic) bond motifs is 35. The number of rotatable bonds is 1. The Balaban J connectivity index is 0.0000000830. The number of nitrogens with zero attached hydrogens (tertiary/aromatic N) is 23. The highest BCUT2D eigenvalue weighted by atomic mass is 32.1. The minimum absolute atomic E-state index is 0.600. The molecule has 5 aliphatic heterocycles. The van der Waals surface area contributed by atoms with Crippen molar-refractivity contribution in [3.63, 3.8) is 0 Å². The summed E-state index contributed by atoms with van der Waals surface area (Å²) in [6.07, 6.45) is 28.6. The molecule has 25 heterocycles. The van der Waals surface area contributed by atoms with E-state index in [-0.39, 0.29) is 0 Å². The summed E-state index contributed by atoms with van der Waals surface area (Å²) < 4.78 is 57.2. The lowest BCUT2D eigenvalue weighted by Crippen LogP contribution is -2.30. The van der Waals surface area contributed by atoms with Gasteiger partial charge in [-0.3, -0.25) is 47.8 Å². The maximum absolute atomic E-state index is 7.97. The van der Waals surface area contributed by atoms with Gasteiger partial charge >= 0.3 is 5.71 Å². The number of thiazole rings is 1. The minimum atomic E-state index is -2.29. The second-order valence-electron chi connectivity index (χ2n) is 25.8. The molecule has 0 bridgehead atoms. The van der Waals surface area contributed by atoms with E-state index in [0.29, 0.717) is 29.1 Å². The molecular weight excluding hydrogens is 1310 g/mol. The van der Waals surface area contributed by atoms with Crippen molar-refractivity contribution in [2.45, 2.75) is 32.7 Å². The van der Waals surface area contributed by atoms with Gasteiger partial charge in [0.05, 0.1) is 67.4 Å². The summed E-state index contributed by atoms with van der Waals surface area (Å²) in [4.78, 5) is 46.9. The third-order valence-corrected chi connectivity index (χ3v) is 21.1. The molecule has 25 heteroatoms. The molecule has 20 aromatic heterocycles. The van der Waals surface area contributed by atoms with E-state index in [1.54, 1.807) is 42.1 Å². The summed E-state index contributed by atoms with van der Waals surface area (Å²) in [6.45, 7) is 1.66. The summed E-state index contributed by atoms with van der Waals surface area (Å²) in [7, 11) is 2.09. The maximum atomic E-state index is 7.97. The molecule has 0 fully saturated rings. The first kappa shape index (κ1) is 54.1. The number of hydrogen-bond acceptors (Lipinski definition) is 12. The molecule has 0 N–H and O–H groups in total. The predicted molar refractivity (Wildman–Crippen MR) is 384 cm³/mol. The molecule has 21 aromatic rings. The molecule has 0 atom stereocenters. The molecule has 5 aliphatic rings. The molecule has 0 amide bonds. The molecule has 0 saturated heterocycles. The lowest BCUT2D eigenvalue weighted by Gasteiger charge is -2.01. The summed E-state index contributed by atoms with van der Waals surface area (Å²) in [5, 5.41) is 0. The van der Waals surface area contributed by atoms with Crippen LogP contribution in [0.5, 0.6) is 0 Å². The van der Waals surface area contributed by atoms with Crippen molar-refractivity contribution in [2.75, 3.05) is 0 Å². The van der Waals surface area contributed by atoms with E-state index in [1.807, 2.05) is 138 Å². The third-order valence-electron chi connectivity index (χ3n) is 20.1. The first-order valence-electron chi connectivity index (χ1n) is 35.1. The van der Waals surface area contributed by atoms with Gasteiger partial charge in [-0.05, 0) is 133 Å². The normalized spacial score (nSPS) is 13.5.